The molecule has 2 atom stereocenters. The van der Waals surface area contributed by atoms with Crippen molar-refractivity contribution < 1.29 is 19.1 Å². The molecular formula is C20H28N2O4. The number of amides is 2. The molecule has 0 aromatic heterocycles. The number of carbonyl (C=O) groups is 2. The van der Waals surface area contributed by atoms with E-state index in [4.69, 9.17) is 9.47 Å². The van der Waals surface area contributed by atoms with E-state index in [0.717, 1.165) is 29.9 Å². The summed E-state index contributed by atoms with van der Waals surface area (Å²) in [6.07, 6.45) is 1.93. The van der Waals surface area contributed by atoms with Gasteiger partial charge in [-0.3, -0.25) is 9.59 Å². The molecule has 2 fully saturated rings. The van der Waals surface area contributed by atoms with Gasteiger partial charge < -0.3 is 19.7 Å². The molecule has 2 aliphatic rings. The molecule has 6 heteroatoms. The molecule has 1 aromatic rings. The van der Waals surface area contributed by atoms with Gasteiger partial charge in [0, 0.05) is 36.5 Å². The van der Waals surface area contributed by atoms with E-state index in [-0.39, 0.29) is 35.6 Å². The number of methoxy groups -OCH3 is 2. The molecule has 3 rings (SSSR count). The SMILES string of the molecule is COc1ccc(OC)c([C@H]2CN(C(=O)C3CC3)C[C@H]2C(=O)NC(C)C)c1. The van der Waals surface area contributed by atoms with Crippen LogP contribution in [0.5, 0.6) is 11.5 Å². The Labute approximate surface area is 154 Å². The van der Waals surface area contributed by atoms with E-state index < -0.39 is 0 Å². The summed E-state index contributed by atoms with van der Waals surface area (Å²) in [6, 6.07) is 5.68. The number of nitrogens with one attached hydrogen (secondary N) is 1. The minimum Gasteiger partial charge on any atom is -0.497 e. The number of hydrogen-bond acceptors (Lipinski definition) is 4. The Morgan fingerprint density at radius 3 is 2.46 bits per heavy atom. The van der Waals surface area contributed by atoms with Crippen LogP contribution in [0.2, 0.25) is 0 Å². The molecule has 0 unspecified atom stereocenters. The van der Waals surface area contributed by atoms with Crippen LogP contribution in [0, 0.1) is 11.8 Å². The van der Waals surface area contributed by atoms with Crippen molar-refractivity contribution >= 4 is 11.8 Å². The first-order valence-electron chi connectivity index (χ1n) is 9.25. The predicted molar refractivity (Wildman–Crippen MR) is 98.4 cm³/mol. The van der Waals surface area contributed by atoms with Gasteiger partial charge in [0.2, 0.25) is 11.8 Å². The van der Waals surface area contributed by atoms with Crippen molar-refractivity contribution in [3.8, 4) is 11.5 Å². The van der Waals surface area contributed by atoms with Crippen LogP contribution in [0.1, 0.15) is 38.2 Å². The summed E-state index contributed by atoms with van der Waals surface area (Å²) in [7, 11) is 3.24. The van der Waals surface area contributed by atoms with Gasteiger partial charge in [0.05, 0.1) is 20.1 Å². The zero-order chi connectivity index (χ0) is 18.8. The quantitative estimate of drug-likeness (QED) is 0.844. The van der Waals surface area contributed by atoms with Gasteiger partial charge in [-0.25, -0.2) is 0 Å². The summed E-state index contributed by atoms with van der Waals surface area (Å²) in [4.78, 5) is 27.3. The summed E-state index contributed by atoms with van der Waals surface area (Å²) >= 11 is 0. The summed E-state index contributed by atoms with van der Waals surface area (Å²) in [6.45, 7) is 4.89. The van der Waals surface area contributed by atoms with Gasteiger partial charge in [-0.15, -0.1) is 0 Å². The van der Waals surface area contributed by atoms with Gasteiger partial charge in [0.15, 0.2) is 0 Å². The fourth-order valence-electron chi connectivity index (χ4n) is 3.67. The standard InChI is InChI=1S/C20H28N2O4/c1-12(2)21-19(23)17-11-22(20(24)13-5-6-13)10-16(17)15-9-14(25-3)7-8-18(15)26-4/h7-9,12-13,16-17H,5-6,10-11H2,1-4H3,(H,21,23)/t16-,17-/m1/s1. The normalized spacial score (nSPS) is 22.4. The van der Waals surface area contributed by atoms with Gasteiger partial charge in [-0.1, -0.05) is 0 Å². The Morgan fingerprint density at radius 1 is 1.15 bits per heavy atom. The fourth-order valence-corrected chi connectivity index (χ4v) is 3.67. The Balaban J connectivity index is 1.92. The lowest BCUT2D eigenvalue weighted by molar-refractivity contribution is -0.132. The van der Waals surface area contributed by atoms with Crippen LogP contribution in [0.25, 0.3) is 0 Å². The molecule has 142 valence electrons. The van der Waals surface area contributed by atoms with Crippen molar-refractivity contribution in [1.29, 1.82) is 0 Å². The number of ether oxygens (including phenoxy) is 2. The monoisotopic (exact) mass is 360 g/mol. The minimum absolute atomic E-state index is 0.0130. The van der Waals surface area contributed by atoms with E-state index in [0.29, 0.717) is 13.1 Å². The second kappa shape index (κ2) is 7.56. The molecule has 1 saturated heterocycles. The molecule has 0 radical (unpaired) electrons. The number of rotatable bonds is 6. The molecule has 0 bridgehead atoms. The number of hydrogen-bond donors (Lipinski definition) is 1. The topological polar surface area (TPSA) is 67.9 Å². The number of likely N-dealkylation sites (tertiary alicyclic amines) is 1. The molecule has 1 aromatic carbocycles. The first kappa shape index (κ1) is 18.5. The highest BCUT2D eigenvalue weighted by atomic mass is 16.5. The number of nitrogens with zero attached hydrogens (tertiary/aromatic N) is 1. The van der Waals surface area contributed by atoms with Crippen molar-refractivity contribution in [2.24, 2.45) is 11.8 Å². The van der Waals surface area contributed by atoms with E-state index in [2.05, 4.69) is 5.32 Å². The van der Waals surface area contributed by atoms with Crippen molar-refractivity contribution in [2.75, 3.05) is 27.3 Å². The Morgan fingerprint density at radius 2 is 1.88 bits per heavy atom. The molecule has 26 heavy (non-hydrogen) atoms. The summed E-state index contributed by atoms with van der Waals surface area (Å²) in [5, 5.41) is 3.01. The van der Waals surface area contributed by atoms with Crippen LogP contribution in [0.3, 0.4) is 0 Å². The molecule has 2 amide bonds. The minimum atomic E-state index is -0.291. The van der Waals surface area contributed by atoms with E-state index >= 15 is 0 Å². The second-order valence-electron chi connectivity index (χ2n) is 7.50. The van der Waals surface area contributed by atoms with Crippen molar-refractivity contribution in [1.82, 2.24) is 10.2 Å². The summed E-state index contributed by atoms with van der Waals surface area (Å²) in [5.74, 6) is 1.35. The highest BCUT2D eigenvalue weighted by Gasteiger charge is 2.44. The van der Waals surface area contributed by atoms with Crippen LogP contribution in [-0.2, 0) is 9.59 Å². The predicted octanol–water partition coefficient (Wildman–Crippen LogP) is 2.18. The van der Waals surface area contributed by atoms with Crippen LogP contribution in [0.4, 0.5) is 0 Å². The summed E-state index contributed by atoms with van der Waals surface area (Å²) < 4.78 is 10.9. The second-order valence-corrected chi connectivity index (χ2v) is 7.50. The van der Waals surface area contributed by atoms with Gasteiger partial charge in [-0.05, 0) is 44.9 Å². The van der Waals surface area contributed by atoms with Gasteiger partial charge in [-0.2, -0.15) is 0 Å². The Hall–Kier alpha value is -2.24. The first-order valence-corrected chi connectivity index (χ1v) is 9.25. The Kier molecular flexibility index (Phi) is 5.39. The van der Waals surface area contributed by atoms with Crippen LogP contribution >= 0.6 is 0 Å². The lowest BCUT2D eigenvalue weighted by atomic mass is 9.87. The molecule has 1 aliphatic carbocycles. The third-order valence-corrected chi connectivity index (χ3v) is 5.16. The molecule has 0 spiro atoms. The fraction of sp³-hybridized carbons (Fsp3) is 0.600. The van der Waals surface area contributed by atoms with Crippen molar-refractivity contribution in [3.63, 3.8) is 0 Å². The zero-order valence-electron chi connectivity index (χ0n) is 16.0. The van der Waals surface area contributed by atoms with Crippen LogP contribution < -0.4 is 14.8 Å². The average Bonchev–Trinajstić information content (AvgIpc) is 3.38. The molecule has 6 nitrogen and oxygen atoms in total. The highest BCUT2D eigenvalue weighted by Crippen LogP contribution is 2.41. The maximum Gasteiger partial charge on any atom is 0.225 e. The average molecular weight is 360 g/mol. The lowest BCUT2D eigenvalue weighted by Crippen LogP contribution is -2.39. The molecule has 1 aliphatic heterocycles. The van der Waals surface area contributed by atoms with Gasteiger partial charge in [0.25, 0.3) is 0 Å². The van der Waals surface area contributed by atoms with Crippen molar-refractivity contribution in [2.45, 2.75) is 38.6 Å². The highest BCUT2D eigenvalue weighted by molar-refractivity contribution is 5.85. The smallest absolute Gasteiger partial charge is 0.225 e. The van der Waals surface area contributed by atoms with Crippen LogP contribution in [-0.4, -0.2) is 50.1 Å². The molecule has 1 saturated carbocycles. The third kappa shape index (κ3) is 3.79. The zero-order valence-corrected chi connectivity index (χ0v) is 16.0. The molecule has 1 heterocycles. The van der Waals surface area contributed by atoms with E-state index in [1.807, 2.05) is 36.9 Å². The van der Waals surface area contributed by atoms with Gasteiger partial charge in [0.1, 0.15) is 11.5 Å². The Bertz CT molecular complexity index is 684. The summed E-state index contributed by atoms with van der Waals surface area (Å²) in [5.41, 5.74) is 0.918. The first-order chi connectivity index (χ1) is 12.4. The lowest BCUT2D eigenvalue weighted by Gasteiger charge is -2.22. The van der Waals surface area contributed by atoms with E-state index in [9.17, 15) is 9.59 Å². The largest absolute Gasteiger partial charge is 0.497 e. The van der Waals surface area contributed by atoms with E-state index in [1.165, 1.54) is 0 Å². The van der Waals surface area contributed by atoms with Crippen LogP contribution in [0.15, 0.2) is 18.2 Å². The van der Waals surface area contributed by atoms with Gasteiger partial charge >= 0.3 is 0 Å². The van der Waals surface area contributed by atoms with E-state index in [1.54, 1.807) is 14.2 Å². The third-order valence-electron chi connectivity index (χ3n) is 5.16. The molecular weight excluding hydrogens is 332 g/mol. The maximum absolute atomic E-state index is 12.8. The number of carbonyl (C=O) groups excluding carboxylic acids is 2. The maximum atomic E-state index is 12.8. The number of benzene rings is 1. The molecule has 1 N–H and O–H groups in total. The van der Waals surface area contributed by atoms with Crippen molar-refractivity contribution in [3.05, 3.63) is 23.8 Å².